The fourth-order valence-electron chi connectivity index (χ4n) is 2.33. The van der Waals surface area contributed by atoms with Crippen LogP contribution in [0, 0.1) is 0 Å². The zero-order chi connectivity index (χ0) is 18.7. The highest BCUT2D eigenvalue weighted by Crippen LogP contribution is 2.22. The van der Waals surface area contributed by atoms with E-state index < -0.39 is 10.0 Å². The molecule has 1 fully saturated rings. The molecule has 8 nitrogen and oxygen atoms in total. The molecule has 1 amide bonds. The molecule has 1 heterocycles. The average molecular weight is 377 g/mol. The number of carbonyl (C=O) groups excluding carboxylic acids is 1. The van der Waals surface area contributed by atoms with Gasteiger partial charge in [0.2, 0.25) is 10.0 Å². The molecule has 1 aromatic heterocycles. The molecule has 0 radical (unpaired) electrons. The van der Waals surface area contributed by atoms with Crippen LogP contribution in [0.15, 0.2) is 41.6 Å². The number of rotatable bonds is 8. The van der Waals surface area contributed by atoms with Gasteiger partial charge in [0.1, 0.15) is 0 Å². The smallest absolute Gasteiger partial charge is 0.255 e. The van der Waals surface area contributed by atoms with Crippen LogP contribution in [-0.4, -0.2) is 55.7 Å². The third kappa shape index (κ3) is 4.90. The number of sulfonamides is 1. The van der Waals surface area contributed by atoms with Crippen LogP contribution < -0.4 is 10.0 Å². The van der Waals surface area contributed by atoms with Crippen molar-refractivity contribution < 1.29 is 13.2 Å². The van der Waals surface area contributed by atoms with E-state index in [1.54, 1.807) is 17.1 Å². The van der Waals surface area contributed by atoms with Crippen molar-refractivity contribution in [3.8, 4) is 0 Å². The van der Waals surface area contributed by atoms with Crippen molar-refractivity contribution in [3.63, 3.8) is 0 Å². The van der Waals surface area contributed by atoms with Gasteiger partial charge in [-0.2, -0.15) is 5.10 Å². The minimum atomic E-state index is -3.51. The summed E-state index contributed by atoms with van der Waals surface area (Å²) in [5.74, 6) is -0.309. The molecule has 0 unspecified atom stereocenters. The number of benzene rings is 1. The van der Waals surface area contributed by atoms with Crippen molar-refractivity contribution in [1.29, 1.82) is 0 Å². The maximum absolute atomic E-state index is 12.3. The molecule has 0 bridgehead atoms. The number of anilines is 1. The van der Waals surface area contributed by atoms with Gasteiger partial charge in [-0.15, -0.1) is 0 Å². The summed E-state index contributed by atoms with van der Waals surface area (Å²) in [7, 11) is 0.457. The lowest BCUT2D eigenvalue weighted by atomic mass is 10.2. The van der Waals surface area contributed by atoms with Gasteiger partial charge in [0.25, 0.3) is 5.91 Å². The number of aromatic nitrogens is 2. The van der Waals surface area contributed by atoms with E-state index in [0.29, 0.717) is 11.3 Å². The van der Waals surface area contributed by atoms with Gasteiger partial charge < -0.3 is 10.2 Å². The number of hydrogen-bond donors (Lipinski definition) is 2. The van der Waals surface area contributed by atoms with Gasteiger partial charge in [-0.1, -0.05) is 0 Å². The van der Waals surface area contributed by atoms with Crippen LogP contribution in [0.4, 0.5) is 5.69 Å². The molecule has 1 aliphatic carbocycles. The number of nitrogens with one attached hydrogen (secondary N) is 2. The first-order valence-corrected chi connectivity index (χ1v) is 9.93. The summed E-state index contributed by atoms with van der Waals surface area (Å²) in [5.41, 5.74) is 0.984. The predicted octanol–water partition coefficient (Wildman–Crippen LogP) is 1.14. The average Bonchev–Trinajstić information content (AvgIpc) is 3.28. The van der Waals surface area contributed by atoms with Gasteiger partial charge in [0.15, 0.2) is 0 Å². The van der Waals surface area contributed by atoms with E-state index in [0.717, 1.165) is 25.9 Å². The Morgan fingerprint density at radius 2 is 1.96 bits per heavy atom. The molecule has 3 rings (SSSR count). The Morgan fingerprint density at radius 3 is 2.58 bits per heavy atom. The quantitative estimate of drug-likeness (QED) is 0.719. The monoisotopic (exact) mass is 377 g/mol. The molecule has 0 atom stereocenters. The summed E-state index contributed by atoms with van der Waals surface area (Å²) in [4.78, 5) is 14.5. The second-order valence-electron chi connectivity index (χ2n) is 6.67. The fourth-order valence-corrected chi connectivity index (χ4v) is 3.64. The molecule has 2 aromatic rings. The largest absolute Gasteiger partial charge is 0.319 e. The molecular formula is C17H23N5O3S. The molecular weight excluding hydrogens is 354 g/mol. The van der Waals surface area contributed by atoms with Crippen LogP contribution in [0.3, 0.4) is 0 Å². The molecule has 0 spiro atoms. The summed E-state index contributed by atoms with van der Waals surface area (Å²) in [6.45, 7) is 1.57. The van der Waals surface area contributed by atoms with Gasteiger partial charge in [-0.25, -0.2) is 13.1 Å². The maximum Gasteiger partial charge on any atom is 0.255 e. The van der Waals surface area contributed by atoms with Crippen molar-refractivity contribution in [2.75, 3.05) is 26.0 Å². The van der Waals surface area contributed by atoms with Gasteiger partial charge >= 0.3 is 0 Å². The summed E-state index contributed by atoms with van der Waals surface area (Å²) < 4.78 is 28.7. The molecule has 0 aliphatic heterocycles. The summed E-state index contributed by atoms with van der Waals surface area (Å²) in [5, 5.41) is 6.97. The zero-order valence-corrected chi connectivity index (χ0v) is 15.7. The van der Waals surface area contributed by atoms with Crippen molar-refractivity contribution in [2.45, 2.75) is 30.3 Å². The molecule has 0 saturated heterocycles. The molecule has 2 N–H and O–H groups in total. The van der Waals surface area contributed by atoms with E-state index in [9.17, 15) is 13.2 Å². The zero-order valence-electron chi connectivity index (χ0n) is 14.8. The standard InChI is InChI=1S/C17H23N5O3S/c1-21(2)9-10-22-12-15(11-18-22)19-17(23)13-3-7-16(8-4-13)26(24,25)20-14-5-6-14/h3-4,7-8,11-12,14,20H,5-6,9-10H2,1-2H3,(H,19,23). The lowest BCUT2D eigenvalue weighted by Crippen LogP contribution is -2.25. The van der Waals surface area contributed by atoms with Gasteiger partial charge in [-0.05, 0) is 51.2 Å². The first kappa shape index (κ1) is 18.6. The Bertz CT molecular complexity index is 870. The van der Waals surface area contributed by atoms with Crippen LogP contribution in [0.1, 0.15) is 23.2 Å². The Labute approximate surface area is 153 Å². The number of nitrogens with zero attached hydrogens (tertiary/aromatic N) is 3. The van der Waals surface area contributed by atoms with Crippen molar-refractivity contribution in [1.82, 2.24) is 19.4 Å². The Balaban J connectivity index is 1.61. The lowest BCUT2D eigenvalue weighted by Gasteiger charge is -2.08. The Kier molecular flexibility index (Phi) is 5.40. The molecule has 1 aliphatic rings. The van der Waals surface area contributed by atoms with Gasteiger partial charge in [0, 0.05) is 24.3 Å². The van der Waals surface area contributed by atoms with Crippen molar-refractivity contribution in [3.05, 3.63) is 42.2 Å². The summed E-state index contributed by atoms with van der Waals surface area (Å²) in [6.07, 6.45) is 5.11. The normalized spacial score (nSPS) is 14.6. The van der Waals surface area contributed by atoms with E-state index in [1.807, 2.05) is 19.0 Å². The van der Waals surface area contributed by atoms with E-state index in [-0.39, 0.29) is 16.8 Å². The summed E-state index contributed by atoms with van der Waals surface area (Å²) in [6, 6.07) is 5.95. The topological polar surface area (TPSA) is 96.3 Å². The summed E-state index contributed by atoms with van der Waals surface area (Å²) >= 11 is 0. The minimum absolute atomic E-state index is 0.0482. The lowest BCUT2D eigenvalue weighted by molar-refractivity contribution is 0.102. The van der Waals surface area contributed by atoms with Crippen LogP contribution >= 0.6 is 0 Å². The van der Waals surface area contributed by atoms with Crippen molar-refractivity contribution >= 4 is 21.6 Å². The van der Waals surface area contributed by atoms with Crippen LogP contribution in [-0.2, 0) is 16.6 Å². The highest BCUT2D eigenvalue weighted by atomic mass is 32.2. The third-order valence-corrected chi connectivity index (χ3v) is 5.53. The second-order valence-corrected chi connectivity index (χ2v) is 8.38. The van der Waals surface area contributed by atoms with Gasteiger partial charge in [0.05, 0.1) is 23.3 Å². The highest BCUT2D eigenvalue weighted by molar-refractivity contribution is 7.89. The number of amides is 1. The van der Waals surface area contributed by atoms with Crippen molar-refractivity contribution in [2.24, 2.45) is 0 Å². The number of hydrogen-bond acceptors (Lipinski definition) is 5. The van der Waals surface area contributed by atoms with Crippen LogP contribution in [0.5, 0.6) is 0 Å². The van der Waals surface area contributed by atoms with E-state index in [1.165, 1.54) is 24.3 Å². The molecule has 1 aromatic carbocycles. The Morgan fingerprint density at radius 1 is 1.27 bits per heavy atom. The minimum Gasteiger partial charge on any atom is -0.319 e. The second kappa shape index (κ2) is 7.56. The molecule has 9 heteroatoms. The highest BCUT2D eigenvalue weighted by Gasteiger charge is 2.27. The molecule has 26 heavy (non-hydrogen) atoms. The predicted molar refractivity (Wildman–Crippen MR) is 98.5 cm³/mol. The first-order valence-electron chi connectivity index (χ1n) is 8.44. The SMILES string of the molecule is CN(C)CCn1cc(NC(=O)c2ccc(S(=O)(=O)NC3CC3)cc2)cn1. The number of likely N-dealkylation sites (N-methyl/N-ethyl adjacent to an activating group) is 1. The van der Waals surface area contributed by atoms with Crippen LogP contribution in [0.2, 0.25) is 0 Å². The van der Waals surface area contributed by atoms with E-state index in [2.05, 4.69) is 15.1 Å². The first-order chi connectivity index (χ1) is 12.3. The maximum atomic E-state index is 12.3. The third-order valence-electron chi connectivity index (χ3n) is 3.99. The van der Waals surface area contributed by atoms with Crippen LogP contribution in [0.25, 0.3) is 0 Å². The molecule has 1 saturated carbocycles. The number of carbonyl (C=O) groups is 1. The van der Waals surface area contributed by atoms with E-state index in [4.69, 9.17) is 0 Å². The fraction of sp³-hybridized carbons (Fsp3) is 0.412. The molecule has 140 valence electrons. The van der Waals surface area contributed by atoms with Gasteiger partial charge in [-0.3, -0.25) is 9.48 Å². The Hall–Kier alpha value is -2.23. The van der Waals surface area contributed by atoms with E-state index >= 15 is 0 Å².